The van der Waals surface area contributed by atoms with Gasteiger partial charge in [0.15, 0.2) is 6.61 Å². The molecule has 8 heteroatoms. The second-order valence-corrected chi connectivity index (χ2v) is 8.46. The molecule has 0 radical (unpaired) electrons. The molecule has 0 atom stereocenters. The summed E-state index contributed by atoms with van der Waals surface area (Å²) in [6, 6.07) is 5.43. The Balaban J connectivity index is 1.47. The molecule has 3 heterocycles. The SMILES string of the molecule is Cc1cc(C(=O)OCC(=O)N2CCN(C(=O)c3cccs3)CC2)c(C)s1. The summed E-state index contributed by atoms with van der Waals surface area (Å²) in [6.45, 7) is 5.38. The molecule has 0 aromatic carbocycles. The monoisotopic (exact) mass is 392 g/mol. The molecule has 2 amide bonds. The molecule has 1 aliphatic heterocycles. The minimum Gasteiger partial charge on any atom is -0.452 e. The molecule has 2 aromatic heterocycles. The predicted octanol–water partition coefficient (Wildman–Crippen LogP) is 2.57. The van der Waals surface area contributed by atoms with Crippen molar-refractivity contribution in [2.45, 2.75) is 13.8 Å². The lowest BCUT2D eigenvalue weighted by molar-refractivity contribution is -0.136. The van der Waals surface area contributed by atoms with Gasteiger partial charge in [0.2, 0.25) is 0 Å². The van der Waals surface area contributed by atoms with Gasteiger partial charge in [0.25, 0.3) is 11.8 Å². The van der Waals surface area contributed by atoms with Crippen molar-refractivity contribution in [1.82, 2.24) is 9.80 Å². The molecule has 0 unspecified atom stereocenters. The quantitative estimate of drug-likeness (QED) is 0.750. The number of piperazine rings is 1. The van der Waals surface area contributed by atoms with Gasteiger partial charge in [-0.2, -0.15) is 0 Å². The zero-order valence-electron chi connectivity index (χ0n) is 14.7. The summed E-state index contributed by atoms with van der Waals surface area (Å²) in [5, 5.41) is 1.87. The first-order valence-electron chi connectivity index (χ1n) is 8.30. The maximum absolute atomic E-state index is 12.3. The van der Waals surface area contributed by atoms with Crippen LogP contribution in [0.1, 0.15) is 29.8 Å². The van der Waals surface area contributed by atoms with Crippen LogP contribution in [0, 0.1) is 13.8 Å². The van der Waals surface area contributed by atoms with Crippen molar-refractivity contribution in [3.8, 4) is 0 Å². The Morgan fingerprint density at radius 1 is 1.12 bits per heavy atom. The Morgan fingerprint density at radius 3 is 2.38 bits per heavy atom. The summed E-state index contributed by atoms with van der Waals surface area (Å²) in [5.41, 5.74) is 0.520. The summed E-state index contributed by atoms with van der Waals surface area (Å²) in [6.07, 6.45) is 0. The second-order valence-electron chi connectivity index (χ2n) is 6.05. The van der Waals surface area contributed by atoms with Crippen LogP contribution in [-0.2, 0) is 9.53 Å². The van der Waals surface area contributed by atoms with Crippen molar-refractivity contribution in [1.29, 1.82) is 0 Å². The molecule has 1 aliphatic rings. The number of carbonyl (C=O) groups is 3. The minimum atomic E-state index is -0.466. The molecule has 1 saturated heterocycles. The summed E-state index contributed by atoms with van der Waals surface area (Å²) in [4.78, 5) is 42.7. The predicted molar refractivity (Wildman–Crippen MR) is 101 cm³/mol. The molecule has 1 fully saturated rings. The van der Waals surface area contributed by atoms with E-state index in [9.17, 15) is 14.4 Å². The van der Waals surface area contributed by atoms with Crippen molar-refractivity contribution in [3.63, 3.8) is 0 Å². The third-order valence-corrected chi connectivity index (χ3v) is 6.06. The van der Waals surface area contributed by atoms with Crippen LogP contribution in [0.25, 0.3) is 0 Å². The highest BCUT2D eigenvalue weighted by Crippen LogP contribution is 2.21. The normalized spacial score (nSPS) is 14.4. The van der Waals surface area contributed by atoms with Crippen LogP contribution < -0.4 is 0 Å². The smallest absolute Gasteiger partial charge is 0.339 e. The Labute approximate surface area is 160 Å². The number of aryl methyl sites for hydroxylation is 2. The van der Waals surface area contributed by atoms with Gasteiger partial charge in [0.1, 0.15) is 0 Å². The highest BCUT2D eigenvalue weighted by molar-refractivity contribution is 7.12. The maximum Gasteiger partial charge on any atom is 0.339 e. The van der Waals surface area contributed by atoms with E-state index in [0.717, 1.165) is 9.75 Å². The molecule has 0 N–H and O–H groups in total. The van der Waals surface area contributed by atoms with E-state index in [1.54, 1.807) is 21.9 Å². The van der Waals surface area contributed by atoms with Crippen molar-refractivity contribution >= 4 is 40.5 Å². The first kappa shape index (κ1) is 18.6. The molecular weight excluding hydrogens is 372 g/mol. The Hall–Kier alpha value is -2.19. The fourth-order valence-corrected chi connectivity index (χ4v) is 4.45. The molecule has 138 valence electrons. The van der Waals surface area contributed by atoms with E-state index in [2.05, 4.69) is 0 Å². The number of hydrogen-bond acceptors (Lipinski definition) is 6. The number of thiophene rings is 2. The average Bonchev–Trinajstić information content (AvgIpc) is 3.28. The van der Waals surface area contributed by atoms with Crippen LogP contribution in [0.2, 0.25) is 0 Å². The van der Waals surface area contributed by atoms with Gasteiger partial charge in [-0.3, -0.25) is 9.59 Å². The van der Waals surface area contributed by atoms with Gasteiger partial charge >= 0.3 is 5.97 Å². The van der Waals surface area contributed by atoms with Gasteiger partial charge in [-0.1, -0.05) is 6.07 Å². The number of rotatable bonds is 4. The average molecular weight is 393 g/mol. The Kier molecular flexibility index (Phi) is 5.73. The molecule has 0 saturated carbocycles. The van der Waals surface area contributed by atoms with Crippen molar-refractivity contribution in [2.75, 3.05) is 32.8 Å². The molecule has 6 nitrogen and oxygen atoms in total. The standard InChI is InChI=1S/C18H20N2O4S2/c1-12-10-14(13(2)26-12)18(23)24-11-16(21)19-5-7-20(8-6-19)17(22)15-4-3-9-25-15/h3-4,9-10H,5-8,11H2,1-2H3. The third kappa shape index (κ3) is 4.13. The molecule has 2 aromatic rings. The van der Waals surface area contributed by atoms with Crippen LogP contribution in [0.4, 0.5) is 0 Å². The first-order chi connectivity index (χ1) is 12.5. The second kappa shape index (κ2) is 8.01. The van der Waals surface area contributed by atoms with E-state index in [0.29, 0.717) is 36.6 Å². The van der Waals surface area contributed by atoms with Gasteiger partial charge in [-0.05, 0) is 31.4 Å². The number of esters is 1. The summed E-state index contributed by atoms with van der Waals surface area (Å²) in [5.74, 6) is -0.695. The van der Waals surface area contributed by atoms with Gasteiger partial charge < -0.3 is 14.5 Å². The van der Waals surface area contributed by atoms with E-state index >= 15 is 0 Å². The molecule has 3 rings (SSSR count). The van der Waals surface area contributed by atoms with Gasteiger partial charge in [-0.25, -0.2) is 4.79 Å². The number of carbonyl (C=O) groups excluding carboxylic acids is 3. The Bertz CT molecular complexity index is 805. The fourth-order valence-electron chi connectivity index (χ4n) is 2.84. The molecule has 26 heavy (non-hydrogen) atoms. The summed E-state index contributed by atoms with van der Waals surface area (Å²) >= 11 is 2.94. The zero-order chi connectivity index (χ0) is 18.7. The topological polar surface area (TPSA) is 66.9 Å². The minimum absolute atomic E-state index is 0.00169. The fraction of sp³-hybridized carbons (Fsp3) is 0.389. The number of amides is 2. The van der Waals surface area contributed by atoms with Crippen LogP contribution >= 0.6 is 22.7 Å². The number of hydrogen-bond donors (Lipinski definition) is 0. The summed E-state index contributed by atoms with van der Waals surface area (Å²) < 4.78 is 5.17. The lowest BCUT2D eigenvalue weighted by Crippen LogP contribution is -2.51. The van der Waals surface area contributed by atoms with Crippen LogP contribution in [-0.4, -0.2) is 60.4 Å². The maximum atomic E-state index is 12.3. The van der Waals surface area contributed by atoms with Crippen LogP contribution in [0.3, 0.4) is 0 Å². The summed E-state index contributed by atoms with van der Waals surface area (Å²) in [7, 11) is 0. The van der Waals surface area contributed by atoms with E-state index in [1.165, 1.54) is 22.7 Å². The Morgan fingerprint density at radius 2 is 1.81 bits per heavy atom. The van der Waals surface area contributed by atoms with E-state index in [-0.39, 0.29) is 18.4 Å². The third-order valence-electron chi connectivity index (χ3n) is 4.24. The number of ether oxygens (including phenoxy) is 1. The molecule has 0 aliphatic carbocycles. The highest BCUT2D eigenvalue weighted by atomic mass is 32.1. The zero-order valence-corrected chi connectivity index (χ0v) is 16.3. The van der Waals surface area contributed by atoms with Gasteiger partial charge in [0.05, 0.1) is 10.4 Å². The first-order valence-corrected chi connectivity index (χ1v) is 10.00. The van der Waals surface area contributed by atoms with Crippen molar-refractivity contribution < 1.29 is 19.1 Å². The molecular formula is C18H20N2O4S2. The van der Waals surface area contributed by atoms with E-state index in [1.807, 2.05) is 25.3 Å². The molecule has 0 spiro atoms. The molecule has 0 bridgehead atoms. The number of nitrogens with zero attached hydrogens (tertiary/aromatic N) is 2. The van der Waals surface area contributed by atoms with Gasteiger partial charge in [0, 0.05) is 35.9 Å². The van der Waals surface area contributed by atoms with Crippen molar-refractivity contribution in [3.05, 3.63) is 43.8 Å². The van der Waals surface area contributed by atoms with E-state index in [4.69, 9.17) is 4.74 Å². The van der Waals surface area contributed by atoms with Crippen LogP contribution in [0.5, 0.6) is 0 Å². The largest absolute Gasteiger partial charge is 0.452 e. The lowest BCUT2D eigenvalue weighted by Gasteiger charge is -2.34. The lowest BCUT2D eigenvalue weighted by atomic mass is 10.2. The van der Waals surface area contributed by atoms with E-state index < -0.39 is 5.97 Å². The van der Waals surface area contributed by atoms with Crippen LogP contribution in [0.15, 0.2) is 23.6 Å². The highest BCUT2D eigenvalue weighted by Gasteiger charge is 2.26. The van der Waals surface area contributed by atoms with Crippen molar-refractivity contribution in [2.24, 2.45) is 0 Å². The van der Waals surface area contributed by atoms with Gasteiger partial charge in [-0.15, -0.1) is 22.7 Å².